The summed E-state index contributed by atoms with van der Waals surface area (Å²) in [5, 5.41) is 10.6. The second-order valence-corrected chi connectivity index (χ2v) is 10.3. The molecule has 2 unspecified atom stereocenters. The number of aromatic nitrogens is 2. The van der Waals surface area contributed by atoms with Crippen molar-refractivity contribution < 1.29 is 36.9 Å². The molecule has 2 aliphatic heterocycles. The maximum Gasteiger partial charge on any atom is 0.416 e. The lowest BCUT2D eigenvalue weighted by molar-refractivity contribution is -0.138. The Labute approximate surface area is 236 Å². The Bertz CT molecular complexity index is 1480. The van der Waals surface area contributed by atoms with Crippen molar-refractivity contribution in [2.75, 3.05) is 43.7 Å². The van der Waals surface area contributed by atoms with E-state index in [9.17, 15) is 27.5 Å². The molecule has 1 aromatic carbocycles. The topological polar surface area (TPSA) is 104 Å². The first kappa shape index (κ1) is 28.4. The number of hydrogen-bond acceptors (Lipinski definition) is 10. The number of ether oxygens (including phenoxy) is 2. The van der Waals surface area contributed by atoms with Gasteiger partial charge in [-0.15, -0.1) is 11.3 Å². The molecule has 0 saturated carbocycles. The van der Waals surface area contributed by atoms with Gasteiger partial charge in [-0.05, 0) is 25.1 Å². The van der Waals surface area contributed by atoms with Crippen LogP contribution in [0.25, 0.3) is 0 Å². The maximum atomic E-state index is 14.9. The van der Waals surface area contributed by atoms with Crippen LogP contribution in [0.3, 0.4) is 0 Å². The van der Waals surface area contributed by atoms with Crippen molar-refractivity contribution in [3.63, 3.8) is 0 Å². The van der Waals surface area contributed by atoms with Crippen molar-refractivity contribution in [3.8, 4) is 11.6 Å². The molecule has 41 heavy (non-hydrogen) atoms. The van der Waals surface area contributed by atoms with E-state index in [4.69, 9.17) is 9.47 Å². The van der Waals surface area contributed by atoms with Gasteiger partial charge in [-0.25, -0.2) is 9.98 Å². The number of aliphatic carboxylic acids is 1. The lowest BCUT2D eigenvalue weighted by Gasteiger charge is -2.46. The number of carbonyl (C=O) groups is 1. The number of halogens is 4. The number of benzene rings is 1. The molecule has 0 amide bonds. The van der Waals surface area contributed by atoms with Crippen LogP contribution in [-0.4, -0.2) is 71.8 Å². The van der Waals surface area contributed by atoms with E-state index in [1.807, 2.05) is 11.8 Å². The number of hydrogen-bond donors (Lipinski definition) is 1. The molecule has 10 nitrogen and oxygen atoms in total. The number of alkyl halides is 3. The highest BCUT2D eigenvalue weighted by Crippen LogP contribution is 2.47. The van der Waals surface area contributed by atoms with E-state index in [-0.39, 0.29) is 34.7 Å². The third kappa shape index (κ3) is 5.45. The van der Waals surface area contributed by atoms with Gasteiger partial charge in [0.1, 0.15) is 11.4 Å². The van der Waals surface area contributed by atoms with Crippen molar-refractivity contribution >= 4 is 40.6 Å². The third-order valence-electron chi connectivity index (χ3n) is 6.97. The molecule has 218 valence electrons. The number of anilines is 2. The van der Waals surface area contributed by atoms with Crippen LogP contribution in [0.5, 0.6) is 11.6 Å². The van der Waals surface area contributed by atoms with Crippen molar-refractivity contribution in [2.24, 2.45) is 4.99 Å². The largest absolute Gasteiger partial charge is 0.495 e. The van der Waals surface area contributed by atoms with Crippen LogP contribution in [0.15, 0.2) is 40.8 Å². The summed E-state index contributed by atoms with van der Waals surface area (Å²) in [6, 6.07) is 3.33. The average molecular weight is 595 g/mol. The molecule has 2 aliphatic rings. The molecule has 2 atom stereocenters. The fraction of sp³-hybridized carbons (Fsp3) is 0.385. The summed E-state index contributed by atoms with van der Waals surface area (Å²) in [6.07, 6.45) is -3.62. The zero-order valence-electron chi connectivity index (χ0n) is 22.2. The Morgan fingerprint density at radius 1 is 1.20 bits per heavy atom. The van der Waals surface area contributed by atoms with Crippen LogP contribution in [0, 0.1) is 5.13 Å². The fourth-order valence-corrected chi connectivity index (χ4v) is 5.83. The number of fused-ring (bicyclic) bond motifs is 1. The van der Waals surface area contributed by atoms with Gasteiger partial charge in [0.05, 0.1) is 37.9 Å². The predicted octanol–water partition coefficient (Wildman–Crippen LogP) is 4.95. The lowest BCUT2D eigenvalue weighted by Crippen LogP contribution is -2.58. The summed E-state index contributed by atoms with van der Waals surface area (Å²) < 4.78 is 67.0. The van der Waals surface area contributed by atoms with Gasteiger partial charge in [0.15, 0.2) is 0 Å². The first-order valence-corrected chi connectivity index (χ1v) is 13.4. The Hall–Kier alpha value is -4.14. The number of guanidine groups is 1. The van der Waals surface area contributed by atoms with Crippen LogP contribution in [0.1, 0.15) is 30.5 Å². The van der Waals surface area contributed by atoms with E-state index in [1.54, 1.807) is 17.2 Å². The number of thiophene rings is 1. The van der Waals surface area contributed by atoms with Crippen molar-refractivity contribution in [1.29, 1.82) is 0 Å². The van der Waals surface area contributed by atoms with Gasteiger partial charge < -0.3 is 29.3 Å². The number of carboxylic acids is 1. The van der Waals surface area contributed by atoms with Gasteiger partial charge in [0.25, 0.3) is 0 Å². The second kappa shape index (κ2) is 11.0. The molecule has 0 radical (unpaired) electrons. The number of aliphatic imine (C=N–C) groups is 1. The van der Waals surface area contributed by atoms with Crippen molar-refractivity contribution in [2.45, 2.75) is 31.6 Å². The van der Waals surface area contributed by atoms with Crippen LogP contribution < -0.4 is 19.3 Å². The molecular weight excluding hydrogens is 568 g/mol. The summed E-state index contributed by atoms with van der Waals surface area (Å²) >= 11 is 0.756. The van der Waals surface area contributed by atoms with E-state index in [0.29, 0.717) is 31.5 Å². The smallest absolute Gasteiger partial charge is 0.416 e. The third-order valence-corrected chi connectivity index (χ3v) is 7.75. The average Bonchev–Trinajstić information content (AvgIpc) is 3.32. The zero-order valence-corrected chi connectivity index (χ0v) is 23.0. The second-order valence-electron chi connectivity index (χ2n) is 9.48. The molecule has 1 fully saturated rings. The number of nitrogens with zero attached hydrogens (tertiary/aromatic N) is 6. The molecule has 15 heteroatoms. The highest BCUT2D eigenvalue weighted by Gasteiger charge is 2.41. The van der Waals surface area contributed by atoms with Gasteiger partial charge in [-0.2, -0.15) is 22.5 Å². The Balaban J connectivity index is 1.60. The van der Waals surface area contributed by atoms with Crippen molar-refractivity contribution in [3.05, 3.63) is 52.1 Å². The summed E-state index contributed by atoms with van der Waals surface area (Å²) in [4.78, 5) is 30.5. The summed E-state index contributed by atoms with van der Waals surface area (Å²) in [5.41, 5.74) is -0.729. The van der Waals surface area contributed by atoms with Crippen LogP contribution >= 0.6 is 11.3 Å². The number of carboxylic acid groups (broad SMARTS) is 1. The Morgan fingerprint density at radius 3 is 2.63 bits per heavy atom. The quantitative estimate of drug-likeness (QED) is 0.397. The van der Waals surface area contributed by atoms with Gasteiger partial charge in [0, 0.05) is 48.9 Å². The monoisotopic (exact) mass is 594 g/mol. The Kier molecular flexibility index (Phi) is 7.64. The minimum absolute atomic E-state index is 0.0235. The molecule has 5 rings (SSSR count). The summed E-state index contributed by atoms with van der Waals surface area (Å²) in [7, 11) is 2.81. The molecule has 0 spiro atoms. The molecule has 0 aliphatic carbocycles. The molecule has 2 aromatic heterocycles. The Morgan fingerprint density at radius 2 is 1.98 bits per heavy atom. The predicted molar refractivity (Wildman–Crippen MR) is 144 cm³/mol. The van der Waals surface area contributed by atoms with E-state index in [0.717, 1.165) is 23.5 Å². The van der Waals surface area contributed by atoms with Crippen molar-refractivity contribution in [1.82, 2.24) is 14.9 Å². The normalized spacial score (nSPS) is 19.1. The molecule has 4 heterocycles. The molecule has 0 bridgehead atoms. The number of rotatable bonds is 6. The summed E-state index contributed by atoms with van der Waals surface area (Å²) in [6.45, 7) is 2.92. The maximum absolute atomic E-state index is 14.9. The van der Waals surface area contributed by atoms with E-state index in [1.165, 1.54) is 30.6 Å². The van der Waals surface area contributed by atoms with E-state index < -0.39 is 35.3 Å². The molecule has 1 saturated heterocycles. The molecular formula is C26H26F4N6O4S. The standard InChI is InChI=1S/C26H26F4N6O4S/c1-14-12-34(8-9-35(14)24-31-7-6-20(32-24)40-3)25-33-22-16(13-41-23(22)27)17(11-21(37)38)36(25)18-10-15(26(28,29)30)4-5-19(18)39-2/h4-7,10,13-14,17H,8-9,11-12H2,1-3H3,(H,37,38). The van der Waals surface area contributed by atoms with Gasteiger partial charge in [0.2, 0.25) is 22.9 Å². The first-order chi connectivity index (χ1) is 19.5. The number of methoxy groups -OCH3 is 2. The SMILES string of the molecule is COc1ccnc(N2CCN(C3=Nc4c(csc4F)C(CC(=O)O)N3c3cc(C(F)(F)F)ccc3OC)CC2C)n1. The minimum atomic E-state index is -4.67. The summed E-state index contributed by atoms with van der Waals surface area (Å²) in [5.74, 6) is -0.180. The minimum Gasteiger partial charge on any atom is -0.495 e. The zero-order chi connectivity index (χ0) is 29.5. The molecule has 3 aromatic rings. The van der Waals surface area contributed by atoms with Gasteiger partial charge in [-0.1, -0.05) is 0 Å². The highest BCUT2D eigenvalue weighted by molar-refractivity contribution is 7.08. The van der Waals surface area contributed by atoms with E-state index in [2.05, 4.69) is 15.0 Å². The highest BCUT2D eigenvalue weighted by atomic mass is 32.1. The lowest BCUT2D eigenvalue weighted by atomic mass is 10.00. The van der Waals surface area contributed by atoms with E-state index >= 15 is 0 Å². The first-order valence-electron chi connectivity index (χ1n) is 12.5. The van der Waals surface area contributed by atoms with Crippen LogP contribution in [0.4, 0.5) is 34.9 Å². The fourth-order valence-electron chi connectivity index (χ4n) is 5.06. The number of piperazine rings is 1. The van der Waals surface area contributed by atoms with Crippen LogP contribution in [0.2, 0.25) is 0 Å². The van der Waals surface area contributed by atoms with Gasteiger partial charge >= 0.3 is 12.1 Å². The van der Waals surface area contributed by atoms with Gasteiger partial charge in [-0.3, -0.25) is 4.79 Å². The molecule has 1 N–H and O–H groups in total. The van der Waals surface area contributed by atoms with Crippen LogP contribution in [-0.2, 0) is 11.0 Å².